The van der Waals surface area contributed by atoms with Crippen LogP contribution in [0, 0.1) is 0 Å². The van der Waals surface area contributed by atoms with Gasteiger partial charge in [-0.15, -0.1) is 0 Å². The van der Waals surface area contributed by atoms with Crippen molar-refractivity contribution in [3.8, 4) is 0 Å². The van der Waals surface area contributed by atoms with Gasteiger partial charge in [-0.05, 0) is 13.3 Å². The molecule has 0 heterocycles. The molecule has 0 aliphatic rings. The maximum atomic E-state index is 11.1. The number of rotatable bonds is 19. The molecule has 3 nitrogen and oxygen atoms in total. The fourth-order valence-electron chi connectivity index (χ4n) is 2.92. The van der Waals surface area contributed by atoms with Crippen LogP contribution in [0.2, 0.25) is 0 Å². The molecule has 0 rings (SSSR count). The van der Waals surface area contributed by atoms with Crippen LogP contribution in [0.3, 0.4) is 0 Å². The Morgan fingerprint density at radius 2 is 0.875 bits per heavy atom. The largest absolute Gasteiger partial charge is 0.270 e. The van der Waals surface area contributed by atoms with Gasteiger partial charge in [-0.1, -0.05) is 103 Å². The SMILES string of the molecule is CCCCCCCCCCCCCCCCCCOS(=O)(=O)CC. The molecular weight excluding hydrogens is 320 g/mol. The van der Waals surface area contributed by atoms with Crippen molar-refractivity contribution in [2.24, 2.45) is 0 Å². The second-order valence-electron chi connectivity index (χ2n) is 6.97. The average molecular weight is 363 g/mol. The molecule has 0 fully saturated rings. The van der Waals surface area contributed by atoms with E-state index in [1.807, 2.05) is 0 Å². The summed E-state index contributed by atoms with van der Waals surface area (Å²) in [6, 6.07) is 0. The maximum Gasteiger partial charge on any atom is 0.267 e. The Morgan fingerprint density at radius 3 is 1.21 bits per heavy atom. The van der Waals surface area contributed by atoms with Gasteiger partial charge in [-0.3, -0.25) is 4.18 Å². The lowest BCUT2D eigenvalue weighted by atomic mass is 10.0. The van der Waals surface area contributed by atoms with Crippen LogP contribution in [-0.4, -0.2) is 20.8 Å². The van der Waals surface area contributed by atoms with Gasteiger partial charge >= 0.3 is 0 Å². The minimum Gasteiger partial charge on any atom is -0.270 e. The number of hydrogen-bond acceptors (Lipinski definition) is 3. The Balaban J connectivity index is 3.08. The summed E-state index contributed by atoms with van der Waals surface area (Å²) in [4.78, 5) is 0. The van der Waals surface area contributed by atoms with Gasteiger partial charge < -0.3 is 0 Å². The van der Waals surface area contributed by atoms with Crippen molar-refractivity contribution >= 4 is 10.1 Å². The van der Waals surface area contributed by atoms with Gasteiger partial charge in [0.15, 0.2) is 0 Å². The zero-order valence-corrected chi connectivity index (χ0v) is 17.2. The number of unbranched alkanes of at least 4 members (excludes halogenated alkanes) is 15. The van der Waals surface area contributed by atoms with E-state index in [4.69, 9.17) is 4.18 Å². The highest BCUT2D eigenvalue weighted by molar-refractivity contribution is 7.86. The Kier molecular flexibility index (Phi) is 17.7. The molecule has 0 aliphatic carbocycles. The van der Waals surface area contributed by atoms with E-state index in [-0.39, 0.29) is 5.75 Å². The minimum atomic E-state index is -3.24. The first kappa shape index (κ1) is 23.9. The smallest absolute Gasteiger partial charge is 0.267 e. The third-order valence-corrected chi connectivity index (χ3v) is 5.85. The molecule has 0 saturated carbocycles. The molecule has 0 amide bonds. The second kappa shape index (κ2) is 17.7. The lowest BCUT2D eigenvalue weighted by Gasteiger charge is -2.04. The van der Waals surface area contributed by atoms with Gasteiger partial charge in [0.25, 0.3) is 10.1 Å². The predicted molar refractivity (Wildman–Crippen MR) is 105 cm³/mol. The molecule has 24 heavy (non-hydrogen) atoms. The van der Waals surface area contributed by atoms with Gasteiger partial charge in [0.05, 0.1) is 12.4 Å². The summed E-state index contributed by atoms with van der Waals surface area (Å²) in [6.45, 7) is 4.24. The standard InChI is InChI=1S/C20H42O3S/c1-3-5-6-7-8-9-10-11-12-13-14-15-16-17-18-19-20-23-24(21,22)4-2/h3-20H2,1-2H3. The van der Waals surface area contributed by atoms with E-state index in [2.05, 4.69) is 6.92 Å². The molecule has 4 heteroatoms. The molecule has 0 bridgehead atoms. The monoisotopic (exact) mass is 362 g/mol. The second-order valence-corrected chi connectivity index (χ2v) is 8.90. The summed E-state index contributed by atoms with van der Waals surface area (Å²) in [5.74, 6) is 0.0753. The minimum absolute atomic E-state index is 0.0753. The Hall–Kier alpha value is -0.0900. The first-order chi connectivity index (χ1) is 11.6. The quantitative estimate of drug-likeness (QED) is 0.192. The average Bonchev–Trinajstić information content (AvgIpc) is 2.57. The topological polar surface area (TPSA) is 43.4 Å². The summed E-state index contributed by atoms with van der Waals surface area (Å²) in [5, 5.41) is 0. The van der Waals surface area contributed by atoms with Gasteiger partial charge in [-0.2, -0.15) is 8.42 Å². The van der Waals surface area contributed by atoms with Crippen molar-refractivity contribution in [2.75, 3.05) is 12.4 Å². The normalized spacial score (nSPS) is 11.9. The first-order valence-electron chi connectivity index (χ1n) is 10.5. The van der Waals surface area contributed by atoms with Crippen molar-refractivity contribution in [3.05, 3.63) is 0 Å². The Morgan fingerprint density at radius 1 is 0.542 bits per heavy atom. The molecule has 0 atom stereocenters. The summed E-state index contributed by atoms with van der Waals surface area (Å²) in [6.07, 6.45) is 21.2. The van der Waals surface area contributed by atoms with Gasteiger partial charge in [-0.25, -0.2) is 0 Å². The van der Waals surface area contributed by atoms with E-state index in [1.54, 1.807) is 6.92 Å². The molecule has 0 aromatic rings. The highest BCUT2D eigenvalue weighted by atomic mass is 32.2. The molecule has 0 spiro atoms. The van der Waals surface area contributed by atoms with Crippen molar-refractivity contribution in [2.45, 2.75) is 117 Å². The molecule has 0 aliphatic heterocycles. The Bertz CT molecular complexity index is 339. The summed E-state index contributed by atoms with van der Waals surface area (Å²) in [7, 11) is -3.24. The molecule has 0 saturated heterocycles. The van der Waals surface area contributed by atoms with Crippen molar-refractivity contribution in [1.29, 1.82) is 0 Å². The van der Waals surface area contributed by atoms with Crippen LogP contribution in [0.5, 0.6) is 0 Å². The van der Waals surface area contributed by atoms with E-state index >= 15 is 0 Å². The van der Waals surface area contributed by atoms with E-state index in [9.17, 15) is 8.42 Å². The van der Waals surface area contributed by atoms with Crippen LogP contribution in [-0.2, 0) is 14.3 Å². The summed E-state index contributed by atoms with van der Waals surface area (Å²) < 4.78 is 27.1. The van der Waals surface area contributed by atoms with Gasteiger partial charge in [0, 0.05) is 0 Å². The van der Waals surface area contributed by atoms with Crippen LogP contribution in [0.4, 0.5) is 0 Å². The highest BCUT2D eigenvalue weighted by Gasteiger charge is 2.05. The van der Waals surface area contributed by atoms with Gasteiger partial charge in [0.2, 0.25) is 0 Å². The van der Waals surface area contributed by atoms with Crippen LogP contribution in [0.25, 0.3) is 0 Å². The van der Waals surface area contributed by atoms with E-state index < -0.39 is 10.1 Å². The molecule has 0 unspecified atom stereocenters. The molecule has 146 valence electrons. The fourth-order valence-corrected chi connectivity index (χ4v) is 3.46. The molecular formula is C20H42O3S. The van der Waals surface area contributed by atoms with E-state index in [1.165, 1.54) is 89.9 Å². The van der Waals surface area contributed by atoms with Crippen LogP contribution < -0.4 is 0 Å². The lowest BCUT2D eigenvalue weighted by molar-refractivity contribution is 0.307. The van der Waals surface area contributed by atoms with Crippen LogP contribution in [0.1, 0.15) is 117 Å². The molecule has 0 N–H and O–H groups in total. The maximum absolute atomic E-state index is 11.1. The third-order valence-electron chi connectivity index (χ3n) is 4.61. The fraction of sp³-hybridized carbons (Fsp3) is 1.00. The lowest BCUT2D eigenvalue weighted by Crippen LogP contribution is -2.09. The third kappa shape index (κ3) is 18.3. The first-order valence-corrected chi connectivity index (χ1v) is 12.1. The molecule has 0 radical (unpaired) electrons. The summed E-state index contributed by atoms with van der Waals surface area (Å²) >= 11 is 0. The van der Waals surface area contributed by atoms with Gasteiger partial charge in [0.1, 0.15) is 0 Å². The van der Waals surface area contributed by atoms with Crippen LogP contribution >= 0.6 is 0 Å². The molecule has 0 aromatic heterocycles. The van der Waals surface area contributed by atoms with Crippen molar-refractivity contribution in [3.63, 3.8) is 0 Å². The van der Waals surface area contributed by atoms with Crippen LogP contribution in [0.15, 0.2) is 0 Å². The van der Waals surface area contributed by atoms with E-state index in [0.717, 1.165) is 12.8 Å². The van der Waals surface area contributed by atoms with Crippen molar-refractivity contribution < 1.29 is 12.6 Å². The molecule has 0 aromatic carbocycles. The van der Waals surface area contributed by atoms with Crippen molar-refractivity contribution in [1.82, 2.24) is 0 Å². The zero-order valence-electron chi connectivity index (χ0n) is 16.4. The summed E-state index contributed by atoms with van der Waals surface area (Å²) in [5.41, 5.74) is 0. The highest BCUT2D eigenvalue weighted by Crippen LogP contribution is 2.13. The zero-order chi connectivity index (χ0) is 17.9. The number of hydrogen-bond donors (Lipinski definition) is 0. The van der Waals surface area contributed by atoms with E-state index in [0.29, 0.717) is 6.61 Å². The Labute approximate surface area is 152 Å². The predicted octanol–water partition coefficient (Wildman–Crippen LogP) is 6.61.